The molecule has 29 heavy (non-hydrogen) atoms. The van der Waals surface area contributed by atoms with E-state index in [0.29, 0.717) is 11.6 Å². The molecular formula is C19H25N5O4S. The molecule has 1 aromatic heterocycles. The predicted molar refractivity (Wildman–Crippen MR) is 106 cm³/mol. The number of para-hydroxylation sites is 1. The second kappa shape index (κ2) is 10.1. The Balaban J connectivity index is 1.24. The van der Waals surface area contributed by atoms with Crippen molar-refractivity contribution >= 4 is 17.9 Å². The summed E-state index contributed by atoms with van der Waals surface area (Å²) in [6.45, 7) is 2.32. The minimum Gasteiger partial charge on any atom is -0.490 e. The van der Waals surface area contributed by atoms with Gasteiger partial charge in [-0.05, 0) is 49.8 Å². The zero-order valence-corrected chi connectivity index (χ0v) is 16.9. The third kappa shape index (κ3) is 5.69. The van der Waals surface area contributed by atoms with Crippen molar-refractivity contribution in [2.75, 3.05) is 19.7 Å². The van der Waals surface area contributed by atoms with Gasteiger partial charge >= 0.3 is 0 Å². The fourth-order valence-corrected chi connectivity index (χ4v) is 4.20. The van der Waals surface area contributed by atoms with Crippen molar-refractivity contribution < 1.29 is 19.1 Å². The number of carbonyl (C=O) groups is 1. The molecule has 0 saturated carbocycles. The van der Waals surface area contributed by atoms with Crippen LogP contribution >= 0.6 is 11.9 Å². The monoisotopic (exact) mass is 419 g/mol. The number of carbonyl (C=O) groups excluding carboxylic acids is 1. The van der Waals surface area contributed by atoms with Gasteiger partial charge in [0.1, 0.15) is 11.9 Å². The topological polar surface area (TPSA) is 102 Å². The van der Waals surface area contributed by atoms with Gasteiger partial charge in [-0.25, -0.2) is 14.6 Å². The largest absolute Gasteiger partial charge is 0.490 e. The molecule has 1 aromatic carbocycles. The number of hydrogen-bond donors (Lipinski definition) is 2. The van der Waals surface area contributed by atoms with E-state index < -0.39 is 12.2 Å². The zero-order chi connectivity index (χ0) is 19.9. The van der Waals surface area contributed by atoms with Crippen molar-refractivity contribution in [1.82, 2.24) is 25.2 Å². The van der Waals surface area contributed by atoms with Gasteiger partial charge in [0, 0.05) is 26.1 Å². The van der Waals surface area contributed by atoms with Gasteiger partial charge in [-0.1, -0.05) is 18.2 Å². The molecule has 2 N–H and O–H groups in total. The predicted octanol–water partition coefficient (Wildman–Crippen LogP) is 2.54. The van der Waals surface area contributed by atoms with Gasteiger partial charge in [-0.2, -0.15) is 5.21 Å². The Morgan fingerprint density at radius 3 is 2.76 bits per heavy atom. The Labute approximate surface area is 173 Å². The van der Waals surface area contributed by atoms with Gasteiger partial charge in [-0.15, -0.1) is 10.2 Å². The molecule has 1 amide bonds. The summed E-state index contributed by atoms with van der Waals surface area (Å²) in [5.74, 6) is 0.466. The standard InChI is InChI=1S/C19H25N5O4S/c25-18(22-28-16-8-4-5-13-26-16)17-19(21-23-20-17)29-24-11-9-15(10-12-24)27-14-6-2-1-3-7-14/h1-3,6-7,15-16H,4-5,8-13H2,(H,22,25)(H,20,21,23). The number of nitrogens with zero attached hydrogens (tertiary/aromatic N) is 3. The molecule has 2 aliphatic heterocycles. The summed E-state index contributed by atoms with van der Waals surface area (Å²) in [7, 11) is 0. The minimum atomic E-state index is -0.433. The maximum atomic E-state index is 12.4. The first-order valence-electron chi connectivity index (χ1n) is 9.91. The fraction of sp³-hybridized carbons (Fsp3) is 0.526. The summed E-state index contributed by atoms with van der Waals surface area (Å²) >= 11 is 1.42. The van der Waals surface area contributed by atoms with E-state index in [-0.39, 0.29) is 11.8 Å². The highest BCUT2D eigenvalue weighted by Crippen LogP contribution is 2.28. The Kier molecular flexibility index (Phi) is 6.99. The first kappa shape index (κ1) is 20.1. The number of benzene rings is 1. The third-order valence-corrected chi connectivity index (χ3v) is 5.90. The van der Waals surface area contributed by atoms with Crippen LogP contribution in [0.4, 0.5) is 0 Å². The van der Waals surface area contributed by atoms with Crippen LogP contribution in [0, 0.1) is 0 Å². The van der Waals surface area contributed by atoms with Crippen LogP contribution in [-0.4, -0.2) is 57.7 Å². The van der Waals surface area contributed by atoms with E-state index in [4.69, 9.17) is 14.3 Å². The van der Waals surface area contributed by atoms with Crippen LogP contribution in [0.15, 0.2) is 35.4 Å². The van der Waals surface area contributed by atoms with E-state index in [0.717, 1.165) is 50.9 Å². The molecule has 0 spiro atoms. The van der Waals surface area contributed by atoms with Crippen molar-refractivity contribution in [3.05, 3.63) is 36.0 Å². The van der Waals surface area contributed by atoms with Crippen molar-refractivity contribution in [3.8, 4) is 5.75 Å². The van der Waals surface area contributed by atoms with Crippen LogP contribution in [0.2, 0.25) is 0 Å². The highest BCUT2D eigenvalue weighted by atomic mass is 32.2. The van der Waals surface area contributed by atoms with Crippen molar-refractivity contribution in [1.29, 1.82) is 0 Å². The lowest BCUT2D eigenvalue weighted by molar-refractivity contribution is -0.186. The second-order valence-electron chi connectivity index (χ2n) is 6.97. The number of hydroxylamine groups is 1. The van der Waals surface area contributed by atoms with Gasteiger partial charge in [-0.3, -0.25) is 4.79 Å². The number of amides is 1. The molecule has 2 saturated heterocycles. The molecule has 10 heteroatoms. The third-order valence-electron chi connectivity index (χ3n) is 4.81. The summed E-state index contributed by atoms with van der Waals surface area (Å²) in [4.78, 5) is 17.7. The molecule has 3 heterocycles. The SMILES string of the molecule is O=C(NOC1CCCCO1)c1n[nH]nc1SN1CCC(Oc2ccccc2)CC1. The van der Waals surface area contributed by atoms with Gasteiger partial charge in [0.05, 0.1) is 0 Å². The lowest BCUT2D eigenvalue weighted by atomic mass is 10.1. The van der Waals surface area contributed by atoms with Crippen molar-refractivity contribution in [2.24, 2.45) is 0 Å². The molecule has 2 aliphatic rings. The average Bonchev–Trinajstić information content (AvgIpc) is 3.23. The zero-order valence-electron chi connectivity index (χ0n) is 16.1. The van der Waals surface area contributed by atoms with Crippen LogP contribution in [0.1, 0.15) is 42.6 Å². The number of nitrogens with one attached hydrogen (secondary N) is 2. The summed E-state index contributed by atoms with van der Waals surface area (Å²) in [6, 6.07) is 9.87. The highest BCUT2D eigenvalue weighted by molar-refractivity contribution is 7.97. The molecular weight excluding hydrogens is 394 g/mol. The molecule has 0 aliphatic carbocycles. The highest BCUT2D eigenvalue weighted by Gasteiger charge is 2.26. The molecule has 156 valence electrons. The van der Waals surface area contributed by atoms with Crippen LogP contribution in [0.25, 0.3) is 0 Å². The lowest BCUT2D eigenvalue weighted by Crippen LogP contribution is -2.35. The summed E-state index contributed by atoms with van der Waals surface area (Å²) in [5, 5.41) is 11.1. The van der Waals surface area contributed by atoms with E-state index in [1.807, 2.05) is 30.3 Å². The molecule has 0 bridgehead atoms. The number of rotatable bonds is 7. The second-order valence-corrected chi connectivity index (χ2v) is 8.06. The molecule has 2 fully saturated rings. The molecule has 1 atom stereocenters. The van der Waals surface area contributed by atoms with Gasteiger partial charge < -0.3 is 9.47 Å². The Morgan fingerprint density at radius 2 is 2.00 bits per heavy atom. The van der Waals surface area contributed by atoms with E-state index in [9.17, 15) is 4.79 Å². The molecule has 9 nitrogen and oxygen atoms in total. The summed E-state index contributed by atoms with van der Waals surface area (Å²) in [6.07, 6.45) is 4.41. The Bertz CT molecular complexity index is 776. The molecule has 0 radical (unpaired) electrons. The van der Waals surface area contributed by atoms with E-state index in [2.05, 4.69) is 25.2 Å². The maximum absolute atomic E-state index is 12.4. The minimum absolute atomic E-state index is 0.193. The lowest BCUT2D eigenvalue weighted by Gasteiger charge is -2.30. The summed E-state index contributed by atoms with van der Waals surface area (Å²) in [5.41, 5.74) is 2.64. The number of hydrogen-bond acceptors (Lipinski definition) is 8. The van der Waals surface area contributed by atoms with Crippen LogP contribution in [0.5, 0.6) is 5.75 Å². The number of piperidine rings is 1. The smallest absolute Gasteiger partial charge is 0.298 e. The van der Waals surface area contributed by atoms with Crippen molar-refractivity contribution in [3.63, 3.8) is 0 Å². The Morgan fingerprint density at radius 1 is 1.17 bits per heavy atom. The number of aromatic amines is 1. The average molecular weight is 420 g/mol. The van der Waals surface area contributed by atoms with E-state index in [1.165, 1.54) is 11.9 Å². The number of aromatic nitrogens is 3. The van der Waals surface area contributed by atoms with Crippen LogP contribution < -0.4 is 10.2 Å². The fourth-order valence-electron chi connectivity index (χ4n) is 3.26. The maximum Gasteiger partial charge on any atom is 0.298 e. The molecule has 4 rings (SSSR count). The van der Waals surface area contributed by atoms with Crippen LogP contribution in [-0.2, 0) is 9.57 Å². The first-order valence-corrected chi connectivity index (χ1v) is 10.7. The summed E-state index contributed by atoms with van der Waals surface area (Å²) < 4.78 is 13.6. The van der Waals surface area contributed by atoms with E-state index in [1.54, 1.807) is 0 Å². The quantitative estimate of drug-likeness (QED) is 0.522. The van der Waals surface area contributed by atoms with Gasteiger partial charge in [0.2, 0.25) is 0 Å². The number of ether oxygens (including phenoxy) is 2. The molecule has 1 unspecified atom stereocenters. The molecule has 2 aromatic rings. The van der Waals surface area contributed by atoms with Crippen LogP contribution in [0.3, 0.4) is 0 Å². The normalized spacial score (nSPS) is 21.0. The Hall–Kier alpha value is -2.14. The van der Waals surface area contributed by atoms with Gasteiger partial charge in [0.15, 0.2) is 17.0 Å². The van der Waals surface area contributed by atoms with Crippen molar-refractivity contribution in [2.45, 2.75) is 49.5 Å². The van der Waals surface area contributed by atoms with E-state index >= 15 is 0 Å². The number of H-pyrrole nitrogens is 1. The first-order chi connectivity index (χ1) is 14.3. The van der Waals surface area contributed by atoms with Gasteiger partial charge in [0.25, 0.3) is 5.91 Å².